The van der Waals surface area contributed by atoms with E-state index >= 15 is 0 Å². The highest BCUT2D eigenvalue weighted by atomic mass is 32.2. The van der Waals surface area contributed by atoms with Crippen molar-refractivity contribution in [3.8, 4) is 17.2 Å². The lowest BCUT2D eigenvalue weighted by atomic mass is 9.94. The number of fused-ring (bicyclic) bond motifs is 1. The van der Waals surface area contributed by atoms with Crippen LogP contribution in [0.2, 0.25) is 0 Å². The number of rotatable bonds is 9. The molecule has 46 heavy (non-hydrogen) atoms. The predicted octanol–water partition coefficient (Wildman–Crippen LogP) is 7.08. The number of benzene rings is 4. The lowest BCUT2D eigenvalue weighted by Gasteiger charge is -2.24. The van der Waals surface area contributed by atoms with Crippen molar-refractivity contribution in [2.75, 3.05) is 26.2 Å². The van der Waals surface area contributed by atoms with Crippen molar-refractivity contribution in [1.29, 1.82) is 0 Å². The molecule has 234 valence electrons. The normalized spacial score (nSPS) is 15.8. The Morgan fingerprint density at radius 3 is 2.37 bits per heavy atom. The molecule has 1 N–H and O–H groups in total. The average molecular weight is 658 g/mol. The van der Waals surface area contributed by atoms with Gasteiger partial charge < -0.3 is 19.3 Å². The minimum atomic E-state index is -1.18. The number of aliphatic hydroxyl groups excluding tert-OH is 1. The summed E-state index contributed by atoms with van der Waals surface area (Å²) in [6, 6.07) is 20.3. The number of methoxy groups -OCH3 is 3. The fourth-order valence-electron chi connectivity index (χ4n) is 5.42. The van der Waals surface area contributed by atoms with Crippen LogP contribution < -0.4 is 19.1 Å². The zero-order valence-corrected chi connectivity index (χ0v) is 26.9. The number of nitrogens with zero attached hydrogens (tertiary/aromatic N) is 3. The second-order valence-electron chi connectivity index (χ2n) is 10.4. The molecular weight excluding hydrogens is 630 g/mol. The summed E-state index contributed by atoms with van der Waals surface area (Å²) in [7, 11) is 4.34. The molecule has 0 saturated carbocycles. The topological polar surface area (TPSA) is 111 Å². The standard InChI is InChI=1S/C34H28FN3O6S2/c1-18-12-13-20(14-24(18)35)29(39)27-28(22-15-25(42-2)31(44-4)26(16-22)43-3)38(32(41)30(27)40)33-36-37-34(46-33)45-17-21-10-7-9-19-8-5-6-11-23(19)21/h5-16,28,39H,17H2,1-4H3/t28-/m0/s1. The molecule has 0 unspecified atom stereocenters. The minimum Gasteiger partial charge on any atom is -0.507 e. The van der Waals surface area contributed by atoms with Gasteiger partial charge in [-0.25, -0.2) is 4.39 Å². The molecule has 2 heterocycles. The fraction of sp³-hybridized carbons (Fsp3) is 0.176. The molecule has 4 aromatic carbocycles. The number of Topliss-reactive ketones (excluding diaryl/α,β-unsaturated/α-hetero) is 1. The van der Waals surface area contributed by atoms with E-state index in [1.165, 1.54) is 50.1 Å². The van der Waals surface area contributed by atoms with E-state index in [1.54, 1.807) is 19.1 Å². The summed E-state index contributed by atoms with van der Waals surface area (Å²) >= 11 is 2.60. The summed E-state index contributed by atoms with van der Waals surface area (Å²) in [6.45, 7) is 1.58. The van der Waals surface area contributed by atoms with Crippen LogP contribution in [0.3, 0.4) is 0 Å². The van der Waals surface area contributed by atoms with Crippen LogP contribution >= 0.6 is 23.1 Å². The first-order valence-electron chi connectivity index (χ1n) is 14.1. The predicted molar refractivity (Wildman–Crippen MR) is 175 cm³/mol. The van der Waals surface area contributed by atoms with Crippen LogP contribution in [0.25, 0.3) is 16.5 Å². The fourth-order valence-corrected chi connectivity index (χ4v) is 7.29. The van der Waals surface area contributed by atoms with Gasteiger partial charge in [0.1, 0.15) is 11.6 Å². The van der Waals surface area contributed by atoms with Gasteiger partial charge in [-0.15, -0.1) is 10.2 Å². The van der Waals surface area contributed by atoms with E-state index in [0.29, 0.717) is 27.0 Å². The Morgan fingerprint density at radius 1 is 0.957 bits per heavy atom. The number of halogens is 1. The van der Waals surface area contributed by atoms with Crippen LogP contribution in [0.1, 0.15) is 28.3 Å². The molecule has 1 aromatic heterocycles. The van der Waals surface area contributed by atoms with E-state index in [0.717, 1.165) is 33.7 Å². The lowest BCUT2D eigenvalue weighted by Crippen LogP contribution is -2.29. The van der Waals surface area contributed by atoms with Crippen molar-refractivity contribution in [3.05, 3.63) is 106 Å². The number of hydrogen-bond donors (Lipinski definition) is 1. The Bertz CT molecular complexity index is 2000. The number of carbonyl (C=O) groups is 2. The number of ketones is 1. The Labute approximate surface area is 272 Å². The smallest absolute Gasteiger partial charge is 0.301 e. The van der Waals surface area contributed by atoms with Crippen molar-refractivity contribution >= 4 is 56.5 Å². The maximum atomic E-state index is 14.6. The molecule has 1 amide bonds. The number of amides is 1. The van der Waals surface area contributed by atoms with Crippen molar-refractivity contribution < 1.29 is 33.3 Å². The van der Waals surface area contributed by atoms with Crippen molar-refractivity contribution in [3.63, 3.8) is 0 Å². The first-order valence-corrected chi connectivity index (χ1v) is 15.9. The zero-order chi connectivity index (χ0) is 32.5. The number of thioether (sulfide) groups is 1. The number of aromatic nitrogens is 2. The highest BCUT2D eigenvalue weighted by Crippen LogP contribution is 2.48. The van der Waals surface area contributed by atoms with Crippen LogP contribution in [0.4, 0.5) is 9.52 Å². The van der Waals surface area contributed by atoms with E-state index in [1.807, 2.05) is 24.3 Å². The molecule has 12 heteroatoms. The van der Waals surface area contributed by atoms with Gasteiger partial charge in [-0.3, -0.25) is 14.5 Å². The average Bonchev–Trinajstić information content (AvgIpc) is 3.65. The SMILES string of the molecule is COc1cc([C@H]2C(=C(O)c3ccc(C)c(F)c3)C(=O)C(=O)N2c2nnc(SCc3cccc4ccccc34)s2)cc(OC)c1OC. The van der Waals surface area contributed by atoms with E-state index in [4.69, 9.17) is 14.2 Å². The highest BCUT2D eigenvalue weighted by Gasteiger charge is 2.49. The molecule has 5 aromatic rings. The van der Waals surface area contributed by atoms with Crippen LogP contribution in [0.15, 0.2) is 82.7 Å². The van der Waals surface area contributed by atoms with Gasteiger partial charge in [0.15, 0.2) is 15.8 Å². The Balaban J connectivity index is 1.44. The summed E-state index contributed by atoms with van der Waals surface area (Å²) in [5.41, 5.74) is 1.64. The van der Waals surface area contributed by atoms with Gasteiger partial charge in [0.25, 0.3) is 5.78 Å². The molecule has 0 aliphatic carbocycles. The van der Waals surface area contributed by atoms with Crippen LogP contribution in [0.5, 0.6) is 17.2 Å². The number of aliphatic hydroxyl groups is 1. The van der Waals surface area contributed by atoms with Gasteiger partial charge in [-0.1, -0.05) is 77.7 Å². The van der Waals surface area contributed by atoms with Crippen molar-refractivity contribution in [2.45, 2.75) is 23.1 Å². The molecule has 1 fully saturated rings. The minimum absolute atomic E-state index is 0.0436. The third-order valence-electron chi connectivity index (χ3n) is 7.73. The Morgan fingerprint density at radius 2 is 1.67 bits per heavy atom. The molecule has 6 rings (SSSR count). The highest BCUT2D eigenvalue weighted by molar-refractivity contribution is 8.00. The van der Waals surface area contributed by atoms with Gasteiger partial charge in [0.2, 0.25) is 10.9 Å². The zero-order valence-electron chi connectivity index (χ0n) is 25.2. The summed E-state index contributed by atoms with van der Waals surface area (Å²) in [5, 5.41) is 22.5. The second kappa shape index (κ2) is 12.8. The number of ether oxygens (including phenoxy) is 3. The first kappa shape index (κ1) is 31.1. The van der Waals surface area contributed by atoms with Crippen LogP contribution in [-0.4, -0.2) is 48.3 Å². The second-order valence-corrected chi connectivity index (χ2v) is 12.5. The van der Waals surface area contributed by atoms with Crippen LogP contribution in [-0.2, 0) is 15.3 Å². The third-order valence-corrected chi connectivity index (χ3v) is 9.83. The number of anilines is 1. The van der Waals surface area contributed by atoms with Gasteiger partial charge >= 0.3 is 5.91 Å². The number of hydrogen-bond acceptors (Lipinski definition) is 10. The molecule has 1 aliphatic heterocycles. The van der Waals surface area contributed by atoms with Gasteiger partial charge in [0, 0.05) is 11.3 Å². The quantitative estimate of drug-likeness (QED) is 0.0584. The number of carbonyl (C=O) groups excluding carboxylic acids is 2. The van der Waals surface area contributed by atoms with Gasteiger partial charge in [-0.05, 0) is 52.6 Å². The van der Waals surface area contributed by atoms with Gasteiger partial charge in [-0.2, -0.15) is 0 Å². The Hall–Kier alpha value is -4.94. The molecule has 1 atom stereocenters. The van der Waals surface area contributed by atoms with Crippen LogP contribution in [0, 0.1) is 12.7 Å². The molecular formula is C34H28FN3O6S2. The first-order chi connectivity index (χ1) is 22.2. The van der Waals surface area contributed by atoms with E-state index < -0.39 is 29.3 Å². The molecule has 0 spiro atoms. The third kappa shape index (κ3) is 5.54. The van der Waals surface area contributed by atoms with E-state index in [9.17, 15) is 19.1 Å². The van der Waals surface area contributed by atoms with Crippen molar-refractivity contribution in [2.24, 2.45) is 0 Å². The van der Waals surface area contributed by atoms with Gasteiger partial charge in [0.05, 0.1) is 32.9 Å². The molecule has 9 nitrogen and oxygen atoms in total. The summed E-state index contributed by atoms with van der Waals surface area (Å²) in [5.74, 6) is -1.54. The van der Waals surface area contributed by atoms with E-state index in [-0.39, 0.29) is 27.8 Å². The molecule has 0 radical (unpaired) electrons. The summed E-state index contributed by atoms with van der Waals surface area (Å²) < 4.78 is 31.7. The number of aryl methyl sites for hydroxylation is 1. The maximum Gasteiger partial charge on any atom is 0.301 e. The molecule has 1 aliphatic rings. The van der Waals surface area contributed by atoms with E-state index in [2.05, 4.69) is 28.4 Å². The maximum absolute atomic E-state index is 14.6. The molecule has 0 bridgehead atoms. The largest absolute Gasteiger partial charge is 0.507 e. The monoisotopic (exact) mass is 657 g/mol. The van der Waals surface area contributed by atoms with Crippen molar-refractivity contribution in [1.82, 2.24) is 10.2 Å². The Kier molecular flexibility index (Phi) is 8.65. The summed E-state index contributed by atoms with van der Waals surface area (Å²) in [6.07, 6.45) is 0. The molecule has 1 saturated heterocycles. The summed E-state index contributed by atoms with van der Waals surface area (Å²) in [4.78, 5) is 28.6. The lowest BCUT2D eigenvalue weighted by molar-refractivity contribution is -0.132.